The zero-order valence-corrected chi connectivity index (χ0v) is 16.6. The van der Waals surface area contributed by atoms with Crippen molar-refractivity contribution in [2.24, 2.45) is 4.99 Å². The number of aliphatic imine (C=N–C) groups is 1. The molecule has 0 aliphatic carbocycles. The summed E-state index contributed by atoms with van der Waals surface area (Å²) in [6.45, 7) is 9.53. The van der Waals surface area contributed by atoms with Gasteiger partial charge in [-0.25, -0.2) is 0 Å². The molecule has 0 aromatic carbocycles. The van der Waals surface area contributed by atoms with E-state index < -0.39 is 11.9 Å². The number of rotatable bonds is 7. The highest BCUT2D eigenvalue weighted by Gasteiger charge is 2.19. The van der Waals surface area contributed by atoms with E-state index in [-0.39, 0.29) is 25.4 Å². The Morgan fingerprint density at radius 2 is 1.46 bits per heavy atom. The first-order chi connectivity index (χ1) is 13.2. The molecule has 0 spiro atoms. The van der Waals surface area contributed by atoms with Gasteiger partial charge in [0.1, 0.15) is 5.78 Å². The van der Waals surface area contributed by atoms with Crippen LogP contribution in [-0.4, -0.2) is 107 Å². The molecular weight excluding hydrogens is 364 g/mol. The highest BCUT2D eigenvalue weighted by Crippen LogP contribution is 2.07. The summed E-state index contributed by atoms with van der Waals surface area (Å²) in [5.74, 6) is -1.88. The molecule has 0 amide bonds. The average molecular weight is 394 g/mol. The van der Waals surface area contributed by atoms with E-state index in [1.54, 1.807) is 15.9 Å². The van der Waals surface area contributed by atoms with Crippen LogP contribution in [0.5, 0.6) is 0 Å². The summed E-state index contributed by atoms with van der Waals surface area (Å²) in [7, 11) is 0. The van der Waals surface area contributed by atoms with Crippen LogP contribution < -0.4 is 0 Å². The minimum absolute atomic E-state index is 0.0131. The Morgan fingerprint density at radius 3 is 1.93 bits per heavy atom. The second-order valence-corrected chi connectivity index (χ2v) is 6.77. The van der Waals surface area contributed by atoms with Gasteiger partial charge in [0.2, 0.25) is 0 Å². The maximum Gasteiger partial charge on any atom is 0.317 e. The Balaban J connectivity index is 3.15. The van der Waals surface area contributed by atoms with E-state index in [4.69, 9.17) is 0 Å². The summed E-state index contributed by atoms with van der Waals surface area (Å²) in [6.07, 6.45) is 3.44. The van der Waals surface area contributed by atoms with Crippen LogP contribution in [0.3, 0.4) is 0 Å². The van der Waals surface area contributed by atoms with Gasteiger partial charge in [0, 0.05) is 39.3 Å². The van der Waals surface area contributed by atoms with Crippen molar-refractivity contribution in [2.45, 2.75) is 13.8 Å². The number of aliphatic carboxylic acids is 2. The molecule has 0 bridgehead atoms. The lowest BCUT2D eigenvalue weighted by molar-refractivity contribution is -0.140. The third-order valence-electron chi connectivity index (χ3n) is 4.26. The number of carbonyl (C=O) groups excluding carboxylic acids is 1. The van der Waals surface area contributed by atoms with Crippen molar-refractivity contribution in [1.82, 2.24) is 14.7 Å². The van der Waals surface area contributed by atoms with Crippen molar-refractivity contribution in [2.75, 3.05) is 58.9 Å². The van der Waals surface area contributed by atoms with Gasteiger partial charge in [-0.2, -0.15) is 0 Å². The van der Waals surface area contributed by atoms with E-state index in [0.717, 1.165) is 0 Å². The van der Waals surface area contributed by atoms with Gasteiger partial charge in [0.05, 0.1) is 31.0 Å². The monoisotopic (exact) mass is 394 g/mol. The molecular formula is C19H30N4O5. The first-order valence-corrected chi connectivity index (χ1v) is 9.18. The summed E-state index contributed by atoms with van der Waals surface area (Å²) < 4.78 is 0. The highest BCUT2D eigenvalue weighted by atomic mass is 16.4. The van der Waals surface area contributed by atoms with Crippen molar-refractivity contribution in [3.05, 3.63) is 24.4 Å². The molecule has 1 rings (SSSR count). The Morgan fingerprint density at radius 1 is 0.964 bits per heavy atom. The molecule has 0 radical (unpaired) electrons. The minimum Gasteiger partial charge on any atom is -0.480 e. The Kier molecular flexibility index (Phi) is 10.3. The molecule has 0 aromatic heterocycles. The third-order valence-corrected chi connectivity index (χ3v) is 4.26. The number of carboxylic acids is 2. The fourth-order valence-electron chi connectivity index (χ4n) is 2.94. The predicted molar refractivity (Wildman–Crippen MR) is 107 cm³/mol. The lowest BCUT2D eigenvalue weighted by Crippen LogP contribution is -2.45. The molecule has 0 fully saturated rings. The average Bonchev–Trinajstić information content (AvgIpc) is 2.59. The van der Waals surface area contributed by atoms with Crippen LogP contribution in [0.2, 0.25) is 0 Å². The fraction of sp³-hybridized carbons (Fsp3) is 0.579. The van der Waals surface area contributed by atoms with E-state index in [1.165, 1.54) is 6.92 Å². The first kappa shape index (κ1) is 23.7. The Hall–Kier alpha value is -2.36. The predicted octanol–water partition coefficient (Wildman–Crippen LogP) is 0.195. The lowest BCUT2D eigenvalue weighted by Gasteiger charge is -2.29. The molecule has 0 saturated heterocycles. The number of allylic oxidation sites excluding steroid dienone is 1. The second kappa shape index (κ2) is 12.2. The lowest BCUT2D eigenvalue weighted by atomic mass is 10.2. The third kappa shape index (κ3) is 9.54. The summed E-state index contributed by atoms with van der Waals surface area (Å²) >= 11 is 0. The van der Waals surface area contributed by atoms with Gasteiger partial charge in [-0.05, 0) is 19.9 Å². The zero-order valence-electron chi connectivity index (χ0n) is 16.6. The molecule has 1 heterocycles. The van der Waals surface area contributed by atoms with Gasteiger partial charge in [0.25, 0.3) is 0 Å². The van der Waals surface area contributed by atoms with Crippen molar-refractivity contribution < 1.29 is 24.6 Å². The number of hydrogen-bond donors (Lipinski definition) is 2. The molecule has 2 N–H and O–H groups in total. The van der Waals surface area contributed by atoms with Crippen LogP contribution in [0.15, 0.2) is 29.4 Å². The molecule has 9 nitrogen and oxygen atoms in total. The fourth-order valence-corrected chi connectivity index (χ4v) is 2.94. The summed E-state index contributed by atoms with van der Waals surface area (Å²) in [4.78, 5) is 44.0. The normalized spacial score (nSPS) is 20.1. The molecule has 28 heavy (non-hydrogen) atoms. The Bertz CT molecular complexity index is 644. The molecule has 9 heteroatoms. The molecule has 0 saturated carbocycles. The summed E-state index contributed by atoms with van der Waals surface area (Å²) in [5, 5.41) is 18.4. The van der Waals surface area contributed by atoms with Gasteiger partial charge < -0.3 is 10.2 Å². The zero-order chi connectivity index (χ0) is 21.1. The van der Waals surface area contributed by atoms with E-state index in [2.05, 4.69) is 11.6 Å². The summed E-state index contributed by atoms with van der Waals surface area (Å²) in [5.41, 5.74) is 1.37. The van der Waals surface area contributed by atoms with Crippen molar-refractivity contribution in [3.8, 4) is 0 Å². The van der Waals surface area contributed by atoms with Crippen LogP contribution in [-0.2, 0) is 14.4 Å². The van der Waals surface area contributed by atoms with E-state index in [1.807, 2.05) is 17.9 Å². The number of Topliss-reactive ketones (excluding diaryl/α,β-unsaturated/α-hetero) is 1. The number of ketones is 1. The number of carbonyl (C=O) groups is 3. The van der Waals surface area contributed by atoms with Gasteiger partial charge in [-0.15, -0.1) is 0 Å². The Labute approximate surface area is 165 Å². The van der Waals surface area contributed by atoms with Gasteiger partial charge in [0.15, 0.2) is 0 Å². The van der Waals surface area contributed by atoms with Crippen molar-refractivity contribution in [1.29, 1.82) is 0 Å². The highest BCUT2D eigenvalue weighted by molar-refractivity contribution is 5.97. The number of carboxylic acid groups (broad SMARTS) is 2. The minimum atomic E-state index is -0.951. The largest absolute Gasteiger partial charge is 0.480 e. The smallest absolute Gasteiger partial charge is 0.317 e. The number of nitrogens with zero attached hydrogens (tertiary/aromatic N) is 4. The van der Waals surface area contributed by atoms with Gasteiger partial charge >= 0.3 is 11.9 Å². The van der Waals surface area contributed by atoms with E-state index in [0.29, 0.717) is 50.7 Å². The van der Waals surface area contributed by atoms with Crippen molar-refractivity contribution in [3.63, 3.8) is 0 Å². The molecule has 0 atom stereocenters. The van der Waals surface area contributed by atoms with Crippen molar-refractivity contribution >= 4 is 23.4 Å². The number of hydrogen-bond acceptors (Lipinski definition) is 7. The van der Waals surface area contributed by atoms with Gasteiger partial charge in [-0.3, -0.25) is 34.1 Å². The van der Waals surface area contributed by atoms with Crippen LogP contribution in [0.1, 0.15) is 13.8 Å². The molecule has 1 aliphatic heterocycles. The second-order valence-electron chi connectivity index (χ2n) is 6.77. The quantitative estimate of drug-likeness (QED) is 0.629. The SMILES string of the molecule is C=CC1=N/C(=C\C)CN(CC(=O)O)CCN(CC(=O)O)CCN(CC(C)=O)C1. The van der Waals surface area contributed by atoms with Crippen LogP contribution in [0.4, 0.5) is 0 Å². The van der Waals surface area contributed by atoms with E-state index in [9.17, 15) is 24.6 Å². The maximum absolute atomic E-state index is 11.6. The van der Waals surface area contributed by atoms with Gasteiger partial charge in [-0.1, -0.05) is 12.7 Å². The molecule has 0 unspecified atom stereocenters. The molecule has 0 aromatic rings. The van der Waals surface area contributed by atoms with E-state index >= 15 is 0 Å². The summed E-state index contributed by atoms with van der Waals surface area (Å²) in [6, 6.07) is 0. The molecule has 156 valence electrons. The molecule has 1 aliphatic rings. The first-order valence-electron chi connectivity index (χ1n) is 9.18. The standard InChI is InChI=1S/C19H30N4O5/c1-4-16-11-22(10-15(3)24)8-6-21(13-18(25)26)7-9-23(14-19(27)28)12-17(5-2)20-16/h4-5H,1,6-14H2,2-3H3,(H,25,26)(H,27,28)/b17-5-,20-16?. The topological polar surface area (TPSA) is 114 Å². The maximum atomic E-state index is 11.6. The van der Waals surface area contributed by atoms with Crippen LogP contribution >= 0.6 is 0 Å². The van der Waals surface area contributed by atoms with Crippen LogP contribution in [0, 0.1) is 0 Å². The van der Waals surface area contributed by atoms with Crippen LogP contribution in [0.25, 0.3) is 0 Å².